The van der Waals surface area contributed by atoms with Gasteiger partial charge in [0.2, 0.25) is 0 Å². The zero-order valence-corrected chi connectivity index (χ0v) is 31.0. The zero-order chi connectivity index (χ0) is 37.2. The van der Waals surface area contributed by atoms with E-state index in [4.69, 9.17) is 9.47 Å². The Hall–Kier alpha value is -6.84. The molecule has 4 aliphatic rings. The molecule has 268 valence electrons. The average Bonchev–Trinajstić information content (AvgIpc) is 3.73. The lowest BCUT2D eigenvalue weighted by Crippen LogP contribution is -2.24. The Labute approximate surface area is 327 Å². The van der Waals surface area contributed by atoms with Crippen LogP contribution in [0.5, 0.6) is 23.0 Å². The molecule has 0 amide bonds. The van der Waals surface area contributed by atoms with E-state index in [1.165, 1.54) is 61.0 Å². The maximum absolute atomic E-state index is 6.93. The molecular formula is C53H39NO2. The van der Waals surface area contributed by atoms with Gasteiger partial charge in [0.25, 0.3) is 0 Å². The first-order valence-corrected chi connectivity index (χ1v) is 19.6. The minimum absolute atomic E-state index is 0.174. The summed E-state index contributed by atoms with van der Waals surface area (Å²) in [5, 5.41) is 2.40. The second kappa shape index (κ2) is 12.9. The molecule has 3 nitrogen and oxygen atoms in total. The summed E-state index contributed by atoms with van der Waals surface area (Å²) in [5.74, 6) is 3.08. The SMILES string of the molecule is C=C/C=C\C1CC2(c3ccccc3-c3ccccc32)c2cc3c(cc21)Oc1cc(N(C2=C(c4ccccc4)C=CCC2)c2cccc4ccccc24)ccc1O3. The van der Waals surface area contributed by atoms with E-state index < -0.39 is 0 Å². The lowest BCUT2D eigenvalue weighted by Gasteiger charge is -2.33. The van der Waals surface area contributed by atoms with E-state index in [1.54, 1.807) is 0 Å². The Morgan fingerprint density at radius 1 is 0.643 bits per heavy atom. The normalized spacial score (nSPS) is 16.8. The number of nitrogens with zero attached hydrogens (tertiary/aromatic N) is 1. The predicted molar refractivity (Wildman–Crippen MR) is 229 cm³/mol. The van der Waals surface area contributed by atoms with Crippen molar-refractivity contribution in [2.24, 2.45) is 0 Å². The molecule has 7 aromatic carbocycles. The Morgan fingerprint density at radius 2 is 1.34 bits per heavy atom. The highest BCUT2D eigenvalue weighted by Crippen LogP contribution is 2.63. The average molecular weight is 722 g/mol. The summed E-state index contributed by atoms with van der Waals surface area (Å²) < 4.78 is 13.8. The fourth-order valence-electron chi connectivity index (χ4n) is 9.83. The topological polar surface area (TPSA) is 21.7 Å². The van der Waals surface area contributed by atoms with Crippen molar-refractivity contribution in [2.45, 2.75) is 30.6 Å². The first kappa shape index (κ1) is 32.6. The molecule has 7 aromatic rings. The first-order chi connectivity index (χ1) is 27.7. The van der Waals surface area contributed by atoms with Crippen LogP contribution in [-0.2, 0) is 5.41 Å². The summed E-state index contributed by atoms with van der Waals surface area (Å²) >= 11 is 0. The molecule has 1 spiro atoms. The van der Waals surface area contributed by atoms with Crippen LogP contribution in [-0.4, -0.2) is 0 Å². The first-order valence-electron chi connectivity index (χ1n) is 19.6. The van der Waals surface area contributed by atoms with Crippen molar-refractivity contribution >= 4 is 27.7 Å². The quantitative estimate of drug-likeness (QED) is 0.160. The van der Waals surface area contributed by atoms with Gasteiger partial charge in [0.1, 0.15) is 0 Å². The minimum atomic E-state index is -0.293. The van der Waals surface area contributed by atoms with E-state index in [0.29, 0.717) is 11.5 Å². The number of ether oxygens (including phenoxy) is 2. The Morgan fingerprint density at radius 3 is 2.16 bits per heavy atom. The highest BCUT2D eigenvalue weighted by atomic mass is 16.6. The molecule has 0 saturated heterocycles. The molecule has 1 heterocycles. The van der Waals surface area contributed by atoms with Crippen LogP contribution in [0.15, 0.2) is 194 Å². The lowest BCUT2D eigenvalue weighted by atomic mass is 9.73. The third kappa shape index (κ3) is 4.90. The molecule has 0 radical (unpaired) electrons. The summed E-state index contributed by atoms with van der Waals surface area (Å²) in [6, 6.07) is 54.7. The Balaban J connectivity index is 1.06. The number of hydrogen-bond acceptors (Lipinski definition) is 3. The molecule has 0 aromatic heterocycles. The summed E-state index contributed by atoms with van der Waals surface area (Å²) in [5.41, 5.74) is 13.4. The summed E-state index contributed by atoms with van der Waals surface area (Å²) in [6.45, 7) is 4.01. The number of fused-ring (bicyclic) bond motifs is 10. The van der Waals surface area contributed by atoms with Crippen LogP contribution >= 0.6 is 0 Å². The number of rotatable bonds is 6. The fourth-order valence-corrected chi connectivity index (χ4v) is 9.83. The van der Waals surface area contributed by atoms with Gasteiger partial charge >= 0.3 is 0 Å². The van der Waals surface area contributed by atoms with Crippen LogP contribution in [0.1, 0.15) is 53.0 Å². The molecule has 56 heavy (non-hydrogen) atoms. The standard InChI is InChI=1S/C53H39NO2/c1-2-3-16-37-34-53(44-25-12-9-23-41(44)42-24-10-13-26-45(42)53)46-33-52-51(32-43(37)46)56-50-31-38(29-30-49(50)55-52)54(48-28-15-20-36-19-7-8-21-40(36)48)47-27-14-11-22-39(47)35-17-5-4-6-18-35/h2-13,15-26,28-33,37H,1,14,27,34H2/b16-3-. The molecule has 3 aliphatic carbocycles. The molecule has 3 heteroatoms. The van der Waals surface area contributed by atoms with Crippen molar-refractivity contribution in [2.75, 3.05) is 4.90 Å². The van der Waals surface area contributed by atoms with E-state index in [1.807, 2.05) is 6.08 Å². The van der Waals surface area contributed by atoms with Crippen molar-refractivity contribution in [3.05, 3.63) is 222 Å². The molecule has 1 unspecified atom stereocenters. The van der Waals surface area contributed by atoms with Gasteiger partial charge in [0.05, 0.1) is 5.69 Å². The minimum Gasteiger partial charge on any atom is -0.449 e. The molecule has 0 fully saturated rings. The Kier molecular flexibility index (Phi) is 7.50. The maximum atomic E-state index is 6.93. The van der Waals surface area contributed by atoms with E-state index >= 15 is 0 Å². The van der Waals surface area contributed by atoms with Gasteiger partial charge in [-0.05, 0) is 93.9 Å². The highest BCUT2D eigenvalue weighted by Gasteiger charge is 2.51. The monoisotopic (exact) mass is 721 g/mol. The van der Waals surface area contributed by atoms with Gasteiger partial charge in [-0.2, -0.15) is 0 Å². The largest absolute Gasteiger partial charge is 0.449 e. The van der Waals surface area contributed by atoms with Crippen molar-refractivity contribution in [1.82, 2.24) is 0 Å². The van der Waals surface area contributed by atoms with Crippen molar-refractivity contribution < 1.29 is 9.47 Å². The third-order valence-electron chi connectivity index (χ3n) is 12.2. The van der Waals surface area contributed by atoms with E-state index in [-0.39, 0.29) is 11.3 Å². The molecule has 1 atom stereocenters. The van der Waals surface area contributed by atoms with Crippen LogP contribution in [0.4, 0.5) is 11.4 Å². The fraction of sp³-hybridized carbons (Fsp3) is 0.0943. The van der Waals surface area contributed by atoms with Crippen LogP contribution in [0.2, 0.25) is 0 Å². The highest BCUT2D eigenvalue weighted by molar-refractivity contribution is 5.99. The van der Waals surface area contributed by atoms with E-state index in [0.717, 1.165) is 42.1 Å². The molecule has 0 saturated carbocycles. The number of benzene rings is 7. The van der Waals surface area contributed by atoms with E-state index in [9.17, 15) is 0 Å². The summed E-state index contributed by atoms with van der Waals surface area (Å²) in [7, 11) is 0. The van der Waals surface area contributed by atoms with Gasteiger partial charge in [-0.25, -0.2) is 0 Å². The summed E-state index contributed by atoms with van der Waals surface area (Å²) in [6.07, 6.45) is 13.6. The van der Waals surface area contributed by atoms with Crippen LogP contribution < -0.4 is 14.4 Å². The number of allylic oxidation sites excluding steroid dienone is 7. The third-order valence-corrected chi connectivity index (χ3v) is 12.2. The molecule has 0 N–H and O–H groups in total. The predicted octanol–water partition coefficient (Wildman–Crippen LogP) is 14.2. The van der Waals surface area contributed by atoms with Crippen molar-refractivity contribution in [1.29, 1.82) is 0 Å². The second-order valence-electron chi connectivity index (χ2n) is 15.2. The molecule has 1 aliphatic heterocycles. The zero-order valence-electron chi connectivity index (χ0n) is 31.0. The van der Waals surface area contributed by atoms with Gasteiger partial charge in [-0.1, -0.05) is 152 Å². The number of hydrogen-bond donors (Lipinski definition) is 0. The Bertz CT molecular complexity index is 2770. The van der Waals surface area contributed by atoms with Crippen molar-refractivity contribution in [3.8, 4) is 34.1 Å². The summed E-state index contributed by atoms with van der Waals surface area (Å²) in [4.78, 5) is 2.44. The van der Waals surface area contributed by atoms with Crippen LogP contribution in [0, 0.1) is 0 Å². The number of anilines is 2. The van der Waals surface area contributed by atoms with Gasteiger partial charge in [-0.3, -0.25) is 0 Å². The maximum Gasteiger partial charge on any atom is 0.172 e. The van der Waals surface area contributed by atoms with Crippen LogP contribution in [0.3, 0.4) is 0 Å². The van der Waals surface area contributed by atoms with E-state index in [2.05, 4.69) is 187 Å². The molecule has 11 rings (SSSR count). The second-order valence-corrected chi connectivity index (χ2v) is 15.2. The molecular weight excluding hydrogens is 683 g/mol. The van der Waals surface area contributed by atoms with Crippen LogP contribution in [0.25, 0.3) is 27.5 Å². The van der Waals surface area contributed by atoms with Crippen molar-refractivity contribution in [3.63, 3.8) is 0 Å². The van der Waals surface area contributed by atoms with Gasteiger partial charge in [0.15, 0.2) is 23.0 Å². The van der Waals surface area contributed by atoms with Gasteiger partial charge < -0.3 is 14.4 Å². The van der Waals surface area contributed by atoms with Gasteiger partial charge in [0, 0.05) is 39.7 Å². The lowest BCUT2D eigenvalue weighted by molar-refractivity contribution is 0.359. The van der Waals surface area contributed by atoms with Gasteiger partial charge in [-0.15, -0.1) is 0 Å². The smallest absolute Gasteiger partial charge is 0.172 e. The molecule has 0 bridgehead atoms.